The number of amides is 1. The Morgan fingerprint density at radius 1 is 1.35 bits per heavy atom. The summed E-state index contributed by atoms with van der Waals surface area (Å²) in [4.78, 5) is 14.2. The summed E-state index contributed by atoms with van der Waals surface area (Å²) < 4.78 is 0. The van der Waals surface area contributed by atoms with E-state index in [1.54, 1.807) is 11.3 Å². The number of aromatic nitrogens is 2. The van der Waals surface area contributed by atoms with Crippen LogP contribution in [0.4, 0.5) is 5.13 Å². The molecule has 2 rings (SSSR count). The maximum Gasteiger partial charge on any atom is 0.267 e. The van der Waals surface area contributed by atoms with Gasteiger partial charge in [-0.15, -0.1) is 21.5 Å². The summed E-state index contributed by atoms with van der Waals surface area (Å²) in [5.74, 6) is 0.448. The summed E-state index contributed by atoms with van der Waals surface area (Å²) in [5.41, 5.74) is 1.18. The highest BCUT2D eigenvalue weighted by Gasteiger charge is 2.14. The first-order valence-corrected chi connectivity index (χ1v) is 8.36. The maximum atomic E-state index is 12.2. The normalized spacial score (nSPS) is 11.1. The number of nitrogens with one attached hydrogen (secondary N) is 1. The smallest absolute Gasteiger partial charge is 0.267 e. The second-order valence-corrected chi connectivity index (χ2v) is 7.32. The minimum absolute atomic E-state index is 0.0925. The molecule has 6 heteroatoms. The van der Waals surface area contributed by atoms with Crippen molar-refractivity contribution < 1.29 is 4.79 Å². The van der Waals surface area contributed by atoms with Gasteiger partial charge in [0.2, 0.25) is 5.13 Å². The van der Waals surface area contributed by atoms with Crippen LogP contribution in [0.3, 0.4) is 0 Å². The van der Waals surface area contributed by atoms with Gasteiger partial charge < -0.3 is 0 Å². The minimum atomic E-state index is -0.0925. The lowest BCUT2D eigenvalue weighted by atomic mass is 10.1. The van der Waals surface area contributed by atoms with E-state index in [9.17, 15) is 4.79 Å². The van der Waals surface area contributed by atoms with Gasteiger partial charge in [-0.3, -0.25) is 10.1 Å². The molecule has 108 valence electrons. The molecule has 1 amide bonds. The van der Waals surface area contributed by atoms with E-state index in [2.05, 4.69) is 36.3 Å². The van der Waals surface area contributed by atoms with Crippen LogP contribution in [0.5, 0.6) is 0 Å². The fraction of sp³-hybridized carbons (Fsp3) is 0.500. The highest BCUT2D eigenvalue weighted by atomic mass is 32.1. The Hall–Kier alpha value is -1.27. The van der Waals surface area contributed by atoms with Gasteiger partial charge in [-0.2, -0.15) is 0 Å². The number of nitrogens with zero attached hydrogens (tertiary/aromatic N) is 2. The topological polar surface area (TPSA) is 54.9 Å². The van der Waals surface area contributed by atoms with Crippen molar-refractivity contribution in [3.05, 3.63) is 26.4 Å². The molecule has 1 N–H and O–H groups in total. The van der Waals surface area contributed by atoms with Gasteiger partial charge in [-0.05, 0) is 30.9 Å². The summed E-state index contributed by atoms with van der Waals surface area (Å²) in [6, 6.07) is 1.94. The third-order valence-corrected chi connectivity index (χ3v) is 5.08. The molecule has 20 heavy (non-hydrogen) atoms. The van der Waals surface area contributed by atoms with Crippen LogP contribution in [-0.2, 0) is 12.8 Å². The summed E-state index contributed by atoms with van der Waals surface area (Å²) >= 11 is 3.00. The van der Waals surface area contributed by atoms with E-state index < -0.39 is 0 Å². The van der Waals surface area contributed by atoms with Crippen LogP contribution >= 0.6 is 22.7 Å². The number of hydrogen-bond donors (Lipinski definition) is 1. The van der Waals surface area contributed by atoms with Gasteiger partial charge in [0.1, 0.15) is 5.01 Å². The van der Waals surface area contributed by atoms with Crippen molar-refractivity contribution >= 4 is 33.7 Å². The van der Waals surface area contributed by atoms with Gasteiger partial charge in [0.25, 0.3) is 5.91 Å². The molecule has 0 radical (unpaired) electrons. The number of anilines is 1. The molecule has 0 saturated carbocycles. The zero-order chi connectivity index (χ0) is 14.7. The molecule has 2 aromatic heterocycles. The summed E-state index contributed by atoms with van der Waals surface area (Å²) in [6.07, 6.45) is 1.85. The van der Waals surface area contributed by atoms with Crippen molar-refractivity contribution in [2.24, 2.45) is 5.92 Å². The first-order valence-electron chi connectivity index (χ1n) is 6.72. The first-order chi connectivity index (χ1) is 9.49. The molecule has 0 saturated heterocycles. The summed E-state index contributed by atoms with van der Waals surface area (Å²) in [5, 5.41) is 12.5. The largest absolute Gasteiger partial charge is 0.296 e. The van der Waals surface area contributed by atoms with Crippen molar-refractivity contribution in [3.8, 4) is 0 Å². The molecular weight excluding hydrogens is 290 g/mol. The summed E-state index contributed by atoms with van der Waals surface area (Å²) in [6.45, 7) is 8.42. The van der Waals surface area contributed by atoms with Gasteiger partial charge >= 0.3 is 0 Å². The average molecular weight is 309 g/mol. The zero-order valence-corrected chi connectivity index (χ0v) is 13.8. The molecule has 0 bridgehead atoms. The molecule has 2 heterocycles. The quantitative estimate of drug-likeness (QED) is 0.910. The van der Waals surface area contributed by atoms with Crippen LogP contribution in [-0.4, -0.2) is 16.1 Å². The lowest BCUT2D eigenvalue weighted by molar-refractivity contribution is 0.103. The Morgan fingerprint density at radius 2 is 2.10 bits per heavy atom. The van der Waals surface area contributed by atoms with Crippen LogP contribution in [0.15, 0.2) is 6.07 Å². The molecule has 0 fully saturated rings. The van der Waals surface area contributed by atoms with Crippen LogP contribution < -0.4 is 5.32 Å². The molecular formula is C14H19N3OS2. The Labute approximate surface area is 127 Å². The van der Waals surface area contributed by atoms with Crippen LogP contribution in [0.1, 0.15) is 45.9 Å². The molecule has 0 atom stereocenters. The molecule has 4 nitrogen and oxygen atoms in total. The third-order valence-electron chi connectivity index (χ3n) is 2.84. The predicted molar refractivity (Wildman–Crippen MR) is 84.8 cm³/mol. The Bertz CT molecular complexity index is 601. The van der Waals surface area contributed by atoms with Gasteiger partial charge in [0.05, 0.1) is 4.88 Å². The lowest BCUT2D eigenvalue weighted by Crippen LogP contribution is -2.09. The van der Waals surface area contributed by atoms with Gasteiger partial charge in [-0.1, -0.05) is 32.1 Å². The highest BCUT2D eigenvalue weighted by molar-refractivity contribution is 7.16. The fourth-order valence-corrected chi connectivity index (χ4v) is 3.83. The summed E-state index contributed by atoms with van der Waals surface area (Å²) in [7, 11) is 0. The number of carbonyl (C=O) groups is 1. The lowest BCUT2D eigenvalue weighted by Gasteiger charge is -1.98. The Kier molecular flexibility index (Phi) is 4.88. The zero-order valence-electron chi connectivity index (χ0n) is 12.2. The van der Waals surface area contributed by atoms with Gasteiger partial charge in [0, 0.05) is 11.3 Å². The Balaban J connectivity index is 2.05. The second kappa shape index (κ2) is 6.45. The monoisotopic (exact) mass is 309 g/mol. The van der Waals surface area contributed by atoms with E-state index in [-0.39, 0.29) is 5.91 Å². The van der Waals surface area contributed by atoms with Crippen LogP contribution in [0.2, 0.25) is 0 Å². The fourth-order valence-electron chi connectivity index (χ4n) is 1.88. The van der Waals surface area contributed by atoms with Crippen molar-refractivity contribution in [2.45, 2.75) is 40.5 Å². The molecule has 0 aliphatic carbocycles. The number of rotatable bonds is 5. The van der Waals surface area contributed by atoms with Crippen LogP contribution in [0, 0.1) is 12.8 Å². The number of aryl methyl sites for hydroxylation is 2. The van der Waals surface area contributed by atoms with Crippen molar-refractivity contribution in [2.75, 3.05) is 5.32 Å². The van der Waals surface area contributed by atoms with E-state index in [0.29, 0.717) is 11.0 Å². The maximum absolute atomic E-state index is 12.2. The molecule has 2 aromatic rings. The van der Waals surface area contributed by atoms with Gasteiger partial charge in [-0.25, -0.2) is 0 Å². The Morgan fingerprint density at radius 3 is 2.70 bits per heavy atom. The predicted octanol–water partition coefficient (Wildman–Crippen LogP) is 3.92. The number of hydrogen-bond acceptors (Lipinski definition) is 5. The second-order valence-electron chi connectivity index (χ2n) is 5.12. The van der Waals surface area contributed by atoms with E-state index in [1.807, 2.05) is 13.0 Å². The van der Waals surface area contributed by atoms with E-state index >= 15 is 0 Å². The van der Waals surface area contributed by atoms with E-state index in [4.69, 9.17) is 0 Å². The molecule has 0 aromatic carbocycles. The highest BCUT2D eigenvalue weighted by Crippen LogP contribution is 2.24. The standard InChI is InChI=1S/C14H19N3OS2/c1-5-10-9(4)7-11(19-10)13(18)15-14-17-16-12(20-14)6-8(2)3/h7-8H,5-6H2,1-4H3,(H,15,17,18). The van der Waals surface area contributed by atoms with Crippen LogP contribution in [0.25, 0.3) is 0 Å². The number of carbonyl (C=O) groups excluding carboxylic acids is 1. The van der Waals surface area contributed by atoms with E-state index in [0.717, 1.165) is 22.7 Å². The van der Waals surface area contributed by atoms with Gasteiger partial charge in [0.15, 0.2) is 0 Å². The minimum Gasteiger partial charge on any atom is -0.296 e. The molecule has 0 unspecified atom stereocenters. The van der Waals surface area contributed by atoms with E-state index in [1.165, 1.54) is 21.8 Å². The van der Waals surface area contributed by atoms with Crippen molar-refractivity contribution in [1.82, 2.24) is 10.2 Å². The number of thiophene rings is 1. The molecule has 0 spiro atoms. The first kappa shape index (κ1) is 15.1. The van der Waals surface area contributed by atoms with Crippen molar-refractivity contribution in [1.29, 1.82) is 0 Å². The molecule has 0 aliphatic rings. The van der Waals surface area contributed by atoms with Crippen molar-refractivity contribution in [3.63, 3.8) is 0 Å². The average Bonchev–Trinajstić information content (AvgIpc) is 2.95. The molecule has 0 aliphatic heterocycles. The SMILES string of the molecule is CCc1sc(C(=O)Nc2nnc(CC(C)C)s2)cc1C. The third kappa shape index (κ3) is 3.64.